The van der Waals surface area contributed by atoms with Crippen LogP contribution in [0.4, 0.5) is 23.7 Å². The van der Waals surface area contributed by atoms with Gasteiger partial charge >= 0.3 is 12.2 Å². The van der Waals surface area contributed by atoms with E-state index in [1.54, 1.807) is 6.07 Å². The molecule has 0 saturated carbocycles. The van der Waals surface area contributed by atoms with Crippen LogP contribution in [0.2, 0.25) is 0 Å². The summed E-state index contributed by atoms with van der Waals surface area (Å²) in [4.78, 5) is 10.5. The van der Waals surface area contributed by atoms with Crippen LogP contribution in [0.5, 0.6) is 0 Å². The molecule has 0 aliphatic rings. The molecular weight excluding hydrogens is 223 g/mol. The number of carbonyl (C=O) groups excluding carboxylic acids is 1. The highest BCUT2D eigenvalue weighted by Crippen LogP contribution is 2.31. The molecule has 0 heterocycles. The number of benzene rings is 1. The monoisotopic (exact) mass is 229 g/mol. The normalized spacial score (nSPS) is 10.6. The van der Waals surface area contributed by atoms with Gasteiger partial charge in [0.1, 0.15) is 6.07 Å². The van der Waals surface area contributed by atoms with E-state index < -0.39 is 17.8 Å². The molecule has 0 spiro atoms. The van der Waals surface area contributed by atoms with Crippen molar-refractivity contribution in [1.29, 1.82) is 5.26 Å². The quantitative estimate of drug-likeness (QED) is 0.773. The predicted molar refractivity (Wildman–Crippen MR) is 49.4 cm³/mol. The number of nitrogens with zero attached hydrogens (tertiary/aromatic N) is 1. The molecule has 0 aliphatic carbocycles. The van der Waals surface area contributed by atoms with Gasteiger partial charge in [0.2, 0.25) is 0 Å². The van der Waals surface area contributed by atoms with Gasteiger partial charge in [-0.1, -0.05) is 0 Å². The Hall–Kier alpha value is -2.23. The summed E-state index contributed by atoms with van der Waals surface area (Å²) in [6.45, 7) is 0. The number of halogens is 3. The van der Waals surface area contributed by atoms with E-state index in [0.717, 1.165) is 12.1 Å². The van der Waals surface area contributed by atoms with Gasteiger partial charge in [0, 0.05) is 0 Å². The number of rotatable bonds is 1. The predicted octanol–water partition coefficient (Wildman–Crippen LogP) is 2.07. The smallest absolute Gasteiger partial charge is 0.351 e. The van der Waals surface area contributed by atoms with Crippen LogP contribution in [0.15, 0.2) is 18.2 Å². The van der Waals surface area contributed by atoms with E-state index in [1.165, 1.54) is 0 Å². The lowest BCUT2D eigenvalue weighted by Gasteiger charge is -2.09. The van der Waals surface area contributed by atoms with Crippen LogP contribution >= 0.6 is 0 Å². The molecule has 0 atom stereocenters. The SMILES string of the molecule is N#Cc1cc(C(F)(F)F)ccc1NC(N)=O. The Bertz CT molecular complexity index is 462. The van der Waals surface area contributed by atoms with Gasteiger partial charge in [0.25, 0.3) is 0 Å². The summed E-state index contributed by atoms with van der Waals surface area (Å²) in [6.07, 6.45) is -4.53. The van der Waals surface area contributed by atoms with Crippen molar-refractivity contribution >= 4 is 11.7 Å². The molecule has 0 radical (unpaired) electrons. The number of hydrogen-bond donors (Lipinski definition) is 2. The van der Waals surface area contributed by atoms with E-state index in [1.807, 2.05) is 0 Å². The van der Waals surface area contributed by atoms with Crippen molar-refractivity contribution in [3.8, 4) is 6.07 Å². The number of nitriles is 1. The zero-order valence-electron chi connectivity index (χ0n) is 7.80. The highest BCUT2D eigenvalue weighted by Gasteiger charge is 2.31. The fourth-order valence-corrected chi connectivity index (χ4v) is 1.05. The molecule has 1 aromatic rings. The zero-order valence-corrected chi connectivity index (χ0v) is 7.80. The van der Waals surface area contributed by atoms with Crippen molar-refractivity contribution in [3.63, 3.8) is 0 Å². The molecule has 84 valence electrons. The first kappa shape index (κ1) is 11.8. The van der Waals surface area contributed by atoms with E-state index in [-0.39, 0.29) is 11.3 Å². The van der Waals surface area contributed by atoms with E-state index in [0.29, 0.717) is 6.07 Å². The maximum Gasteiger partial charge on any atom is 0.416 e. The summed E-state index contributed by atoms with van der Waals surface area (Å²) in [6, 6.07) is 2.97. The Labute approximate surface area is 88.5 Å². The number of nitrogens with one attached hydrogen (secondary N) is 1. The molecule has 4 nitrogen and oxygen atoms in total. The Morgan fingerprint density at radius 3 is 2.50 bits per heavy atom. The van der Waals surface area contributed by atoms with Gasteiger partial charge in [-0.2, -0.15) is 18.4 Å². The lowest BCUT2D eigenvalue weighted by molar-refractivity contribution is -0.137. The highest BCUT2D eigenvalue weighted by molar-refractivity contribution is 5.89. The summed E-state index contributed by atoms with van der Waals surface area (Å²) in [7, 11) is 0. The van der Waals surface area contributed by atoms with Gasteiger partial charge in [0.05, 0.1) is 16.8 Å². The maximum absolute atomic E-state index is 12.3. The Morgan fingerprint density at radius 1 is 1.44 bits per heavy atom. The van der Waals surface area contributed by atoms with Gasteiger partial charge in [-0.15, -0.1) is 0 Å². The average Bonchev–Trinajstić information content (AvgIpc) is 2.15. The second-order valence-corrected chi connectivity index (χ2v) is 2.86. The molecule has 0 aromatic heterocycles. The van der Waals surface area contributed by atoms with Crippen molar-refractivity contribution < 1.29 is 18.0 Å². The second-order valence-electron chi connectivity index (χ2n) is 2.86. The van der Waals surface area contributed by atoms with Crippen molar-refractivity contribution in [2.45, 2.75) is 6.18 Å². The molecule has 7 heteroatoms. The van der Waals surface area contributed by atoms with Crippen LogP contribution in [0.25, 0.3) is 0 Å². The lowest BCUT2D eigenvalue weighted by atomic mass is 10.1. The Kier molecular flexibility index (Phi) is 3.04. The molecular formula is C9H6F3N3O. The van der Waals surface area contributed by atoms with Crippen LogP contribution in [0, 0.1) is 11.3 Å². The first-order chi connectivity index (χ1) is 7.34. The fraction of sp³-hybridized carbons (Fsp3) is 0.111. The van der Waals surface area contributed by atoms with Gasteiger partial charge in [0.15, 0.2) is 0 Å². The van der Waals surface area contributed by atoms with Crippen molar-refractivity contribution in [2.75, 3.05) is 5.32 Å². The third-order valence-corrected chi connectivity index (χ3v) is 1.73. The summed E-state index contributed by atoms with van der Waals surface area (Å²) >= 11 is 0. The van der Waals surface area contributed by atoms with Gasteiger partial charge in [-0.05, 0) is 18.2 Å². The maximum atomic E-state index is 12.3. The zero-order chi connectivity index (χ0) is 12.3. The van der Waals surface area contributed by atoms with Crippen molar-refractivity contribution in [1.82, 2.24) is 0 Å². The first-order valence-corrected chi connectivity index (χ1v) is 4.02. The van der Waals surface area contributed by atoms with Crippen LogP contribution in [0.1, 0.15) is 11.1 Å². The van der Waals surface area contributed by atoms with E-state index in [4.69, 9.17) is 11.0 Å². The van der Waals surface area contributed by atoms with Crippen LogP contribution in [-0.4, -0.2) is 6.03 Å². The minimum absolute atomic E-state index is 0.0528. The molecule has 0 aliphatic heterocycles. The summed E-state index contributed by atoms with van der Waals surface area (Å²) in [5.74, 6) is 0. The molecule has 2 amide bonds. The number of alkyl halides is 3. The van der Waals surface area contributed by atoms with Gasteiger partial charge < -0.3 is 11.1 Å². The van der Waals surface area contributed by atoms with Crippen molar-refractivity contribution in [2.24, 2.45) is 5.73 Å². The summed E-state index contributed by atoms with van der Waals surface area (Å²) in [5, 5.41) is 10.7. The molecule has 16 heavy (non-hydrogen) atoms. The first-order valence-electron chi connectivity index (χ1n) is 4.02. The van der Waals surface area contributed by atoms with Gasteiger partial charge in [-0.25, -0.2) is 4.79 Å². The van der Waals surface area contributed by atoms with Gasteiger partial charge in [-0.3, -0.25) is 0 Å². The van der Waals surface area contributed by atoms with Crippen LogP contribution in [-0.2, 0) is 6.18 Å². The largest absolute Gasteiger partial charge is 0.416 e. The standard InChI is InChI=1S/C9H6F3N3O/c10-9(11,12)6-1-2-7(15-8(14)16)5(3-6)4-13/h1-3H,(H3,14,15,16). The summed E-state index contributed by atoms with van der Waals surface area (Å²) in [5.41, 5.74) is 3.48. The molecule has 0 unspecified atom stereocenters. The van der Waals surface area contributed by atoms with E-state index in [9.17, 15) is 18.0 Å². The number of nitrogens with two attached hydrogens (primary N) is 1. The van der Waals surface area contributed by atoms with E-state index >= 15 is 0 Å². The minimum atomic E-state index is -4.53. The molecule has 0 fully saturated rings. The third kappa shape index (κ3) is 2.63. The lowest BCUT2D eigenvalue weighted by Crippen LogP contribution is -2.20. The Balaban J connectivity index is 3.18. The van der Waals surface area contributed by atoms with E-state index in [2.05, 4.69) is 5.32 Å². The minimum Gasteiger partial charge on any atom is -0.351 e. The molecule has 0 saturated heterocycles. The number of amides is 2. The number of anilines is 1. The molecule has 3 N–H and O–H groups in total. The third-order valence-electron chi connectivity index (χ3n) is 1.73. The second kappa shape index (κ2) is 4.10. The summed E-state index contributed by atoms with van der Waals surface area (Å²) < 4.78 is 36.8. The molecule has 1 aromatic carbocycles. The van der Waals surface area contributed by atoms with Crippen molar-refractivity contribution in [3.05, 3.63) is 29.3 Å². The molecule has 0 bridgehead atoms. The number of hydrogen-bond acceptors (Lipinski definition) is 2. The number of urea groups is 1. The topological polar surface area (TPSA) is 78.9 Å². The van der Waals surface area contributed by atoms with Crippen LogP contribution < -0.4 is 11.1 Å². The van der Waals surface area contributed by atoms with Crippen LogP contribution in [0.3, 0.4) is 0 Å². The highest BCUT2D eigenvalue weighted by atomic mass is 19.4. The number of carbonyl (C=O) groups is 1. The fourth-order valence-electron chi connectivity index (χ4n) is 1.05. The average molecular weight is 229 g/mol. The Morgan fingerprint density at radius 2 is 2.06 bits per heavy atom. The number of primary amides is 1. The molecule has 1 rings (SSSR count).